The van der Waals surface area contributed by atoms with Gasteiger partial charge < -0.3 is 4.74 Å². The van der Waals surface area contributed by atoms with Crippen molar-refractivity contribution in [2.75, 3.05) is 0 Å². The van der Waals surface area contributed by atoms with Gasteiger partial charge in [-0.2, -0.15) is 0 Å². The molecule has 1 aromatic carbocycles. The maximum absolute atomic E-state index is 12.2. The molecule has 0 saturated heterocycles. The summed E-state index contributed by atoms with van der Waals surface area (Å²) in [6.07, 6.45) is 8.60. The number of hydrogen-bond donors (Lipinski definition) is 0. The van der Waals surface area contributed by atoms with Crippen molar-refractivity contribution in [3.63, 3.8) is 0 Å². The predicted octanol–water partition coefficient (Wildman–Crippen LogP) is 4.40. The third-order valence-corrected chi connectivity index (χ3v) is 4.40. The maximum atomic E-state index is 12.2. The van der Waals surface area contributed by atoms with Crippen molar-refractivity contribution >= 4 is 12.3 Å². The lowest BCUT2D eigenvalue weighted by Crippen LogP contribution is -2.26. The highest BCUT2D eigenvalue weighted by Gasteiger charge is 2.27. The molecule has 1 aromatic rings. The molecule has 0 bridgehead atoms. The van der Waals surface area contributed by atoms with E-state index in [1.54, 1.807) is 24.3 Å². The van der Waals surface area contributed by atoms with E-state index in [-0.39, 0.29) is 11.9 Å². The highest BCUT2D eigenvalue weighted by Crippen LogP contribution is 2.33. The van der Waals surface area contributed by atoms with E-state index in [0.29, 0.717) is 11.3 Å². The van der Waals surface area contributed by atoms with Gasteiger partial charge in [-0.1, -0.05) is 38.3 Å². The Bertz CT molecular complexity index is 473. The van der Waals surface area contributed by atoms with Crippen LogP contribution in [0.3, 0.4) is 0 Å². The lowest BCUT2D eigenvalue weighted by molar-refractivity contribution is -0.140. The van der Waals surface area contributed by atoms with E-state index in [1.165, 1.54) is 19.3 Å². The molecule has 1 aliphatic carbocycles. The first-order valence-electron chi connectivity index (χ1n) is 8.00. The smallest absolute Gasteiger partial charge is 0.314 e. The summed E-state index contributed by atoms with van der Waals surface area (Å²) in [5.41, 5.74) is 0.433. The second-order valence-electron chi connectivity index (χ2n) is 5.94. The van der Waals surface area contributed by atoms with Gasteiger partial charge in [-0.05, 0) is 43.7 Å². The van der Waals surface area contributed by atoms with Crippen LogP contribution in [0.2, 0.25) is 0 Å². The van der Waals surface area contributed by atoms with Crippen LogP contribution >= 0.6 is 0 Å². The van der Waals surface area contributed by atoms with Crippen LogP contribution in [0.5, 0.6) is 5.75 Å². The van der Waals surface area contributed by atoms with Crippen molar-refractivity contribution in [3.05, 3.63) is 29.8 Å². The van der Waals surface area contributed by atoms with E-state index in [9.17, 15) is 9.59 Å². The SMILES string of the molecule is CCCCC1CCC(C(=O)Oc2ccccc2C=O)CC1. The predicted molar refractivity (Wildman–Crippen MR) is 82.4 cm³/mol. The van der Waals surface area contributed by atoms with Gasteiger partial charge in [-0.15, -0.1) is 0 Å². The molecule has 1 saturated carbocycles. The van der Waals surface area contributed by atoms with Gasteiger partial charge in [0.2, 0.25) is 0 Å². The number of rotatable bonds is 6. The molecule has 0 spiro atoms. The molecule has 21 heavy (non-hydrogen) atoms. The van der Waals surface area contributed by atoms with E-state index < -0.39 is 0 Å². The quantitative estimate of drug-likeness (QED) is 0.442. The molecule has 3 heteroatoms. The topological polar surface area (TPSA) is 43.4 Å². The number of benzene rings is 1. The molecule has 114 valence electrons. The van der Waals surface area contributed by atoms with Crippen molar-refractivity contribution in [3.8, 4) is 5.75 Å². The van der Waals surface area contributed by atoms with Gasteiger partial charge in [0.25, 0.3) is 0 Å². The zero-order chi connectivity index (χ0) is 15.1. The summed E-state index contributed by atoms with van der Waals surface area (Å²) in [4.78, 5) is 23.2. The Morgan fingerprint density at radius 3 is 2.62 bits per heavy atom. The zero-order valence-corrected chi connectivity index (χ0v) is 12.7. The monoisotopic (exact) mass is 288 g/mol. The van der Waals surface area contributed by atoms with Crippen molar-refractivity contribution in [1.82, 2.24) is 0 Å². The molecule has 0 aliphatic heterocycles. The fraction of sp³-hybridized carbons (Fsp3) is 0.556. The maximum Gasteiger partial charge on any atom is 0.314 e. The van der Waals surface area contributed by atoms with Gasteiger partial charge in [0, 0.05) is 0 Å². The average Bonchev–Trinajstić information content (AvgIpc) is 2.54. The summed E-state index contributed by atoms with van der Waals surface area (Å²) in [7, 11) is 0. The van der Waals surface area contributed by atoms with Crippen molar-refractivity contribution < 1.29 is 14.3 Å². The normalized spacial score (nSPS) is 21.8. The first-order valence-corrected chi connectivity index (χ1v) is 8.00. The molecular weight excluding hydrogens is 264 g/mol. The number of hydrogen-bond acceptors (Lipinski definition) is 3. The molecule has 0 unspecified atom stereocenters. The van der Waals surface area contributed by atoms with Gasteiger partial charge in [-0.25, -0.2) is 0 Å². The van der Waals surface area contributed by atoms with Crippen LogP contribution in [-0.4, -0.2) is 12.3 Å². The molecular formula is C18H24O3. The number of ether oxygens (including phenoxy) is 1. The second kappa shape index (κ2) is 7.96. The fourth-order valence-electron chi connectivity index (χ4n) is 3.04. The molecule has 1 fully saturated rings. The van der Waals surface area contributed by atoms with E-state index >= 15 is 0 Å². The summed E-state index contributed by atoms with van der Waals surface area (Å²) < 4.78 is 5.42. The third-order valence-electron chi connectivity index (χ3n) is 4.40. The van der Waals surface area contributed by atoms with Crippen molar-refractivity contribution in [1.29, 1.82) is 0 Å². The standard InChI is InChI=1S/C18H24O3/c1-2-3-6-14-9-11-15(12-10-14)18(20)21-17-8-5-4-7-16(17)13-19/h4-5,7-8,13-15H,2-3,6,9-12H2,1H3. The van der Waals surface area contributed by atoms with Crippen molar-refractivity contribution in [2.45, 2.75) is 51.9 Å². The number of aldehydes is 1. The van der Waals surface area contributed by atoms with Gasteiger partial charge >= 0.3 is 5.97 Å². The van der Waals surface area contributed by atoms with Gasteiger partial charge in [0.15, 0.2) is 6.29 Å². The molecule has 3 nitrogen and oxygen atoms in total. The van der Waals surface area contributed by atoms with Crippen molar-refractivity contribution in [2.24, 2.45) is 11.8 Å². The minimum Gasteiger partial charge on any atom is -0.426 e. The summed E-state index contributed by atoms with van der Waals surface area (Å²) in [5.74, 6) is 0.961. The van der Waals surface area contributed by atoms with Gasteiger partial charge in [0.1, 0.15) is 5.75 Å². The Morgan fingerprint density at radius 2 is 1.95 bits per heavy atom. The number of carbonyl (C=O) groups is 2. The summed E-state index contributed by atoms with van der Waals surface area (Å²) >= 11 is 0. The van der Waals surface area contributed by atoms with Crippen LogP contribution in [0.25, 0.3) is 0 Å². The molecule has 0 radical (unpaired) electrons. The summed E-state index contributed by atoms with van der Waals surface area (Å²) in [5, 5.41) is 0. The van der Waals surface area contributed by atoms with Crippen LogP contribution in [0.1, 0.15) is 62.2 Å². The number of para-hydroxylation sites is 1. The molecule has 0 heterocycles. The van der Waals surface area contributed by atoms with E-state index in [4.69, 9.17) is 4.74 Å². The zero-order valence-electron chi connectivity index (χ0n) is 12.7. The number of carbonyl (C=O) groups excluding carboxylic acids is 2. The molecule has 0 aromatic heterocycles. The average molecular weight is 288 g/mol. The highest BCUT2D eigenvalue weighted by molar-refractivity contribution is 5.83. The van der Waals surface area contributed by atoms with Crippen LogP contribution in [0.15, 0.2) is 24.3 Å². The Balaban J connectivity index is 1.86. The molecule has 0 atom stereocenters. The van der Waals surface area contributed by atoms with E-state index in [0.717, 1.165) is 37.9 Å². The van der Waals surface area contributed by atoms with Crippen LogP contribution in [-0.2, 0) is 4.79 Å². The highest BCUT2D eigenvalue weighted by atomic mass is 16.5. The minimum absolute atomic E-state index is 0.0115. The Kier molecular flexibility index (Phi) is 5.97. The lowest BCUT2D eigenvalue weighted by Gasteiger charge is -2.27. The minimum atomic E-state index is -0.182. The fourth-order valence-corrected chi connectivity index (χ4v) is 3.04. The Hall–Kier alpha value is -1.64. The van der Waals surface area contributed by atoms with Crippen LogP contribution in [0, 0.1) is 11.8 Å². The molecule has 2 rings (SSSR count). The Labute approximate surface area is 126 Å². The van der Waals surface area contributed by atoms with Crippen LogP contribution < -0.4 is 4.74 Å². The summed E-state index contributed by atoms with van der Waals surface area (Å²) in [6, 6.07) is 6.88. The second-order valence-corrected chi connectivity index (χ2v) is 5.94. The van der Waals surface area contributed by atoms with E-state index in [2.05, 4.69) is 6.92 Å². The van der Waals surface area contributed by atoms with Gasteiger partial charge in [0.05, 0.1) is 11.5 Å². The first-order chi connectivity index (χ1) is 10.2. The molecule has 0 amide bonds. The molecule has 0 N–H and O–H groups in total. The first kappa shape index (κ1) is 15.7. The van der Waals surface area contributed by atoms with E-state index in [1.807, 2.05) is 0 Å². The lowest BCUT2D eigenvalue weighted by atomic mass is 9.80. The summed E-state index contributed by atoms with van der Waals surface area (Å²) in [6.45, 7) is 2.22. The third kappa shape index (κ3) is 4.42. The Morgan fingerprint density at radius 1 is 1.24 bits per heavy atom. The van der Waals surface area contributed by atoms with Crippen LogP contribution in [0.4, 0.5) is 0 Å². The van der Waals surface area contributed by atoms with Gasteiger partial charge in [-0.3, -0.25) is 9.59 Å². The largest absolute Gasteiger partial charge is 0.426 e. The number of esters is 1. The molecule has 1 aliphatic rings. The number of unbranched alkanes of at least 4 members (excludes halogenated alkanes) is 1.